The van der Waals surface area contributed by atoms with Crippen LogP contribution in [0.2, 0.25) is 0 Å². The number of benzene rings is 1. The van der Waals surface area contributed by atoms with Crippen LogP contribution in [0.15, 0.2) is 66.3 Å². The number of pyridine rings is 1. The Morgan fingerprint density at radius 1 is 1.23 bits per heavy atom. The molecule has 0 radical (unpaired) electrons. The third-order valence-corrected chi connectivity index (χ3v) is 4.13. The number of carbonyl (C=O) groups is 1. The Kier molecular flexibility index (Phi) is 3.85. The highest BCUT2D eigenvalue weighted by atomic mass is 16.3. The van der Waals surface area contributed by atoms with Crippen molar-refractivity contribution in [2.75, 3.05) is 10.6 Å². The van der Waals surface area contributed by atoms with Crippen molar-refractivity contribution in [2.24, 2.45) is 0 Å². The average molecular weight is 348 g/mol. The first kappa shape index (κ1) is 15.8. The SMILES string of the molecule is CC1=C(C(=O)Nc2ccccn2)[C@@H](c2cccc(O)c2)n2ncnc2N1. The second-order valence-corrected chi connectivity index (χ2v) is 5.86. The summed E-state index contributed by atoms with van der Waals surface area (Å²) in [5.74, 6) is 0.801. The Bertz CT molecular complexity index is 996. The Balaban J connectivity index is 1.78. The van der Waals surface area contributed by atoms with Gasteiger partial charge in [0, 0.05) is 11.9 Å². The van der Waals surface area contributed by atoms with Gasteiger partial charge in [0.1, 0.15) is 23.9 Å². The number of fused-ring (bicyclic) bond motifs is 1. The molecule has 4 rings (SSSR count). The first-order chi connectivity index (χ1) is 12.6. The zero-order valence-electron chi connectivity index (χ0n) is 13.9. The highest BCUT2D eigenvalue weighted by molar-refractivity contribution is 6.05. The zero-order chi connectivity index (χ0) is 18.1. The lowest BCUT2D eigenvalue weighted by atomic mass is 9.95. The minimum absolute atomic E-state index is 0.116. The van der Waals surface area contributed by atoms with E-state index < -0.39 is 6.04 Å². The molecule has 1 amide bonds. The van der Waals surface area contributed by atoms with Crippen molar-refractivity contribution in [3.8, 4) is 5.75 Å². The summed E-state index contributed by atoms with van der Waals surface area (Å²) in [7, 11) is 0. The highest BCUT2D eigenvalue weighted by Gasteiger charge is 2.33. The topological polar surface area (TPSA) is 105 Å². The van der Waals surface area contributed by atoms with E-state index in [1.807, 2.05) is 6.07 Å². The van der Waals surface area contributed by atoms with Gasteiger partial charge in [0.05, 0.1) is 5.57 Å². The maximum atomic E-state index is 13.0. The lowest BCUT2D eigenvalue weighted by molar-refractivity contribution is -0.113. The molecule has 0 bridgehead atoms. The number of carbonyl (C=O) groups excluding carboxylic acids is 1. The van der Waals surface area contributed by atoms with Crippen LogP contribution >= 0.6 is 0 Å². The predicted octanol–water partition coefficient (Wildman–Crippen LogP) is 2.31. The number of phenols is 1. The standard InChI is InChI=1S/C18H16N6O2/c1-11-15(17(26)23-14-7-2-3-8-19-14)16(12-5-4-6-13(25)9-12)24-18(22-11)20-10-21-24/h2-10,16,25H,1H3,(H,19,23,26)(H,20,21,22)/t16-/m1/s1. The third kappa shape index (κ3) is 2.77. The quantitative estimate of drug-likeness (QED) is 0.671. The van der Waals surface area contributed by atoms with Crippen molar-refractivity contribution in [1.29, 1.82) is 0 Å². The summed E-state index contributed by atoms with van der Waals surface area (Å²) in [6.07, 6.45) is 3.03. The van der Waals surface area contributed by atoms with E-state index in [1.165, 1.54) is 6.33 Å². The molecule has 2 aromatic heterocycles. The smallest absolute Gasteiger partial charge is 0.257 e. The van der Waals surface area contributed by atoms with E-state index in [4.69, 9.17) is 0 Å². The number of nitrogens with zero attached hydrogens (tertiary/aromatic N) is 4. The number of hydrogen-bond donors (Lipinski definition) is 3. The molecule has 1 aromatic carbocycles. The van der Waals surface area contributed by atoms with Crippen LogP contribution in [-0.2, 0) is 4.79 Å². The number of anilines is 2. The summed E-state index contributed by atoms with van der Waals surface area (Å²) in [6, 6.07) is 11.5. The molecular weight excluding hydrogens is 332 g/mol. The largest absolute Gasteiger partial charge is 0.508 e. The molecule has 1 aliphatic heterocycles. The number of amides is 1. The molecule has 3 aromatic rings. The summed E-state index contributed by atoms with van der Waals surface area (Å²) in [6.45, 7) is 1.81. The fraction of sp³-hybridized carbons (Fsp3) is 0.111. The molecule has 3 N–H and O–H groups in total. The molecule has 3 heterocycles. The van der Waals surface area contributed by atoms with Crippen LogP contribution in [0.5, 0.6) is 5.75 Å². The average Bonchev–Trinajstić information content (AvgIpc) is 3.09. The van der Waals surface area contributed by atoms with Gasteiger partial charge < -0.3 is 15.7 Å². The van der Waals surface area contributed by atoms with Crippen LogP contribution in [0.25, 0.3) is 0 Å². The van der Waals surface area contributed by atoms with Crippen LogP contribution in [0.3, 0.4) is 0 Å². The molecule has 26 heavy (non-hydrogen) atoms. The molecule has 0 saturated carbocycles. The fourth-order valence-electron chi connectivity index (χ4n) is 3.01. The summed E-state index contributed by atoms with van der Waals surface area (Å²) < 4.78 is 1.62. The summed E-state index contributed by atoms with van der Waals surface area (Å²) >= 11 is 0. The minimum atomic E-state index is -0.524. The molecule has 130 valence electrons. The molecule has 8 nitrogen and oxygen atoms in total. The first-order valence-electron chi connectivity index (χ1n) is 8.02. The fourth-order valence-corrected chi connectivity index (χ4v) is 3.01. The monoisotopic (exact) mass is 348 g/mol. The Morgan fingerprint density at radius 2 is 2.12 bits per heavy atom. The van der Waals surface area contributed by atoms with Crippen LogP contribution < -0.4 is 10.6 Å². The molecule has 1 aliphatic rings. The van der Waals surface area contributed by atoms with Gasteiger partial charge in [-0.1, -0.05) is 18.2 Å². The number of aromatic nitrogens is 4. The summed E-state index contributed by atoms with van der Waals surface area (Å²) in [5.41, 5.74) is 1.86. The van der Waals surface area contributed by atoms with Gasteiger partial charge in [0.2, 0.25) is 5.95 Å². The lowest BCUT2D eigenvalue weighted by Gasteiger charge is -2.28. The molecule has 1 atom stereocenters. The lowest BCUT2D eigenvalue weighted by Crippen LogP contribution is -2.31. The van der Waals surface area contributed by atoms with Crippen molar-refractivity contribution in [3.63, 3.8) is 0 Å². The van der Waals surface area contributed by atoms with E-state index in [-0.39, 0.29) is 11.7 Å². The Hall–Kier alpha value is -3.68. The highest BCUT2D eigenvalue weighted by Crippen LogP contribution is 2.35. The normalized spacial score (nSPS) is 16.0. The second kappa shape index (κ2) is 6.32. The van der Waals surface area contributed by atoms with Crippen LogP contribution in [-0.4, -0.2) is 30.8 Å². The number of allylic oxidation sites excluding steroid dienone is 1. The van der Waals surface area contributed by atoms with Gasteiger partial charge in [0.15, 0.2) is 0 Å². The molecule has 0 fully saturated rings. The Morgan fingerprint density at radius 3 is 2.88 bits per heavy atom. The molecule has 0 spiro atoms. The number of nitrogens with one attached hydrogen (secondary N) is 2. The number of rotatable bonds is 3. The predicted molar refractivity (Wildman–Crippen MR) is 95.5 cm³/mol. The van der Waals surface area contributed by atoms with Crippen molar-refractivity contribution in [3.05, 3.63) is 71.8 Å². The molecule has 8 heteroatoms. The van der Waals surface area contributed by atoms with Gasteiger partial charge in [-0.2, -0.15) is 10.1 Å². The van der Waals surface area contributed by atoms with E-state index >= 15 is 0 Å². The van der Waals surface area contributed by atoms with E-state index in [0.29, 0.717) is 23.0 Å². The maximum absolute atomic E-state index is 13.0. The van der Waals surface area contributed by atoms with E-state index in [9.17, 15) is 9.90 Å². The third-order valence-electron chi connectivity index (χ3n) is 4.13. The van der Waals surface area contributed by atoms with Gasteiger partial charge in [-0.15, -0.1) is 0 Å². The van der Waals surface area contributed by atoms with Crippen LogP contribution in [0.1, 0.15) is 18.5 Å². The van der Waals surface area contributed by atoms with Crippen molar-refractivity contribution in [1.82, 2.24) is 19.7 Å². The summed E-state index contributed by atoms with van der Waals surface area (Å²) in [5, 5.41) is 20.0. The number of hydrogen-bond acceptors (Lipinski definition) is 6. The van der Waals surface area contributed by atoms with Gasteiger partial charge in [0.25, 0.3) is 5.91 Å². The zero-order valence-corrected chi connectivity index (χ0v) is 13.9. The Labute approximate surface area is 149 Å². The van der Waals surface area contributed by atoms with E-state index in [1.54, 1.807) is 54.2 Å². The van der Waals surface area contributed by atoms with Gasteiger partial charge in [-0.3, -0.25) is 4.79 Å². The van der Waals surface area contributed by atoms with Crippen molar-refractivity contribution < 1.29 is 9.90 Å². The molecular formula is C18H16N6O2. The van der Waals surface area contributed by atoms with E-state index in [2.05, 4.69) is 25.7 Å². The van der Waals surface area contributed by atoms with Crippen LogP contribution in [0, 0.1) is 0 Å². The molecule has 0 saturated heterocycles. The molecule has 0 unspecified atom stereocenters. The van der Waals surface area contributed by atoms with E-state index in [0.717, 1.165) is 5.56 Å². The second-order valence-electron chi connectivity index (χ2n) is 5.86. The van der Waals surface area contributed by atoms with Gasteiger partial charge >= 0.3 is 0 Å². The van der Waals surface area contributed by atoms with Gasteiger partial charge in [-0.25, -0.2) is 9.67 Å². The maximum Gasteiger partial charge on any atom is 0.257 e. The first-order valence-corrected chi connectivity index (χ1v) is 8.02. The van der Waals surface area contributed by atoms with Crippen molar-refractivity contribution in [2.45, 2.75) is 13.0 Å². The van der Waals surface area contributed by atoms with Crippen LogP contribution in [0.4, 0.5) is 11.8 Å². The number of phenolic OH excluding ortho intramolecular Hbond substituents is 1. The number of aromatic hydroxyl groups is 1. The van der Waals surface area contributed by atoms with Gasteiger partial charge in [-0.05, 0) is 36.8 Å². The summed E-state index contributed by atoms with van der Waals surface area (Å²) in [4.78, 5) is 21.3. The minimum Gasteiger partial charge on any atom is -0.508 e. The van der Waals surface area contributed by atoms with Crippen molar-refractivity contribution >= 4 is 17.7 Å². The molecule has 0 aliphatic carbocycles.